The fraction of sp³-hybridized carbons (Fsp3) is 0.500. The van der Waals surface area contributed by atoms with E-state index in [1.165, 1.54) is 0 Å². The van der Waals surface area contributed by atoms with E-state index >= 15 is 0 Å². The Hall–Kier alpha value is -1.61. The highest BCUT2D eigenvalue weighted by Crippen LogP contribution is 2.58. The molecule has 0 aliphatic rings. The molecule has 1 unspecified atom stereocenters. The molecule has 1 rings (SSSR count). The smallest absolute Gasteiger partial charge is 0.457 e. The van der Waals surface area contributed by atoms with E-state index in [0.29, 0.717) is 0 Å². The fourth-order valence-electron chi connectivity index (χ4n) is 1.71. The molecule has 1 nitrogen and oxygen atoms in total. The predicted octanol–water partition coefficient (Wildman–Crippen LogP) is 4.73. The van der Waals surface area contributed by atoms with E-state index in [4.69, 9.17) is 0 Å². The van der Waals surface area contributed by atoms with Gasteiger partial charge in [-0.05, 0) is 18.6 Å². The number of benzene rings is 1. The average Bonchev–Trinajstić information content (AvgIpc) is 2.33. The van der Waals surface area contributed by atoms with Gasteiger partial charge in [-0.25, -0.2) is 4.39 Å². The Balaban J connectivity index is 3.73. The van der Waals surface area contributed by atoms with Crippen molar-refractivity contribution in [3.8, 4) is 5.75 Å². The molecule has 0 spiro atoms. The largest absolute Gasteiger partial charge is 0.496 e. The molecule has 1 radical (unpaired) electrons. The third-order valence-electron chi connectivity index (χ3n) is 2.78. The van der Waals surface area contributed by atoms with Gasteiger partial charge in [0.15, 0.2) is 0 Å². The Labute approximate surface area is 118 Å². The molecule has 1 aromatic carbocycles. The molecule has 0 aliphatic heterocycles. The van der Waals surface area contributed by atoms with Crippen LogP contribution < -0.4 is 4.74 Å². The summed E-state index contributed by atoms with van der Waals surface area (Å²) in [6, 6.07) is 2.53. The average molecular weight is 339 g/mol. The summed E-state index contributed by atoms with van der Waals surface area (Å²) in [6.45, 7) is 1.04. The number of hydrogen-bond donors (Lipinski definition) is 0. The van der Waals surface area contributed by atoms with Gasteiger partial charge in [0.1, 0.15) is 5.75 Å². The lowest BCUT2D eigenvalue weighted by molar-refractivity contribution is -0.389. The summed E-state index contributed by atoms with van der Waals surface area (Å²) in [6.07, 6.45) is -13.3. The number of aryl methyl sites for hydroxylation is 1. The van der Waals surface area contributed by atoms with Crippen LogP contribution in [-0.4, -0.2) is 25.4 Å². The number of rotatable bonds is 3. The van der Waals surface area contributed by atoms with Gasteiger partial charge >= 0.3 is 23.9 Å². The summed E-state index contributed by atoms with van der Waals surface area (Å²) in [5.41, 5.74) is -8.19. The van der Waals surface area contributed by atoms with Gasteiger partial charge in [-0.3, -0.25) is 0 Å². The maximum atomic E-state index is 14.1. The standard InChI is InChI=1S/C12H8F9O/c1-6-3-7(5-8(4-6)22-2)9(13,11(16,17)18)10(14,15)12(19,20)21/h3,5H,1-2H3. The van der Waals surface area contributed by atoms with Crippen molar-refractivity contribution in [3.63, 3.8) is 0 Å². The molecular weight excluding hydrogens is 331 g/mol. The summed E-state index contributed by atoms with van der Waals surface area (Å²) in [5, 5.41) is 0. The quantitative estimate of drug-likeness (QED) is 0.724. The number of halogens is 9. The highest BCUT2D eigenvalue weighted by Gasteiger charge is 2.81. The zero-order chi connectivity index (χ0) is 17.6. The van der Waals surface area contributed by atoms with E-state index in [1.54, 1.807) is 0 Å². The molecule has 125 valence electrons. The van der Waals surface area contributed by atoms with Crippen LogP contribution in [0.2, 0.25) is 0 Å². The highest BCUT2D eigenvalue weighted by atomic mass is 19.4. The zero-order valence-electron chi connectivity index (χ0n) is 11.0. The van der Waals surface area contributed by atoms with Gasteiger partial charge in [0, 0.05) is 11.6 Å². The third kappa shape index (κ3) is 2.70. The van der Waals surface area contributed by atoms with Crippen molar-refractivity contribution >= 4 is 0 Å². The van der Waals surface area contributed by atoms with Gasteiger partial charge < -0.3 is 4.74 Å². The van der Waals surface area contributed by atoms with E-state index in [0.717, 1.165) is 14.0 Å². The minimum Gasteiger partial charge on any atom is -0.496 e. The number of hydrogen-bond acceptors (Lipinski definition) is 1. The molecule has 0 saturated carbocycles. The molecular formula is C12H8F9O. The van der Waals surface area contributed by atoms with Crippen molar-refractivity contribution in [2.24, 2.45) is 0 Å². The number of ether oxygens (including phenoxy) is 1. The molecule has 0 heterocycles. The molecule has 1 aromatic rings. The van der Waals surface area contributed by atoms with Crippen LogP contribution in [0.1, 0.15) is 11.1 Å². The van der Waals surface area contributed by atoms with Crippen LogP contribution in [0.3, 0.4) is 0 Å². The minimum atomic E-state index is -6.75. The molecule has 0 aromatic heterocycles. The van der Waals surface area contributed by atoms with Crippen LogP contribution in [0.5, 0.6) is 5.75 Å². The van der Waals surface area contributed by atoms with Gasteiger partial charge in [-0.2, -0.15) is 35.1 Å². The monoisotopic (exact) mass is 339 g/mol. The Kier molecular flexibility index (Phi) is 4.39. The van der Waals surface area contributed by atoms with Crippen molar-refractivity contribution in [1.82, 2.24) is 0 Å². The van der Waals surface area contributed by atoms with Crippen molar-refractivity contribution in [2.75, 3.05) is 7.11 Å². The summed E-state index contributed by atoms with van der Waals surface area (Å²) in [5.74, 6) is -7.31. The molecule has 0 aliphatic carbocycles. The van der Waals surface area contributed by atoms with Gasteiger partial charge in [0.25, 0.3) is 0 Å². The molecule has 10 heteroatoms. The van der Waals surface area contributed by atoms with Crippen LogP contribution in [0.25, 0.3) is 0 Å². The lowest BCUT2D eigenvalue weighted by Gasteiger charge is -2.36. The molecule has 0 amide bonds. The number of alkyl halides is 9. The second-order valence-corrected chi connectivity index (χ2v) is 4.35. The minimum absolute atomic E-state index is 0.0974. The second kappa shape index (κ2) is 5.24. The first-order chi connectivity index (χ1) is 9.68. The Bertz CT molecular complexity index is 547. The second-order valence-electron chi connectivity index (χ2n) is 4.35. The first kappa shape index (κ1) is 18.4. The molecule has 22 heavy (non-hydrogen) atoms. The van der Waals surface area contributed by atoms with Crippen molar-refractivity contribution in [2.45, 2.75) is 30.9 Å². The topological polar surface area (TPSA) is 9.23 Å². The van der Waals surface area contributed by atoms with Crippen LogP contribution in [0, 0.1) is 13.0 Å². The lowest BCUT2D eigenvalue weighted by Crippen LogP contribution is -2.59. The summed E-state index contributed by atoms with van der Waals surface area (Å²) in [4.78, 5) is 0. The Morgan fingerprint density at radius 2 is 1.36 bits per heavy atom. The van der Waals surface area contributed by atoms with Crippen LogP contribution in [0.15, 0.2) is 12.1 Å². The fourth-order valence-corrected chi connectivity index (χ4v) is 1.71. The molecule has 0 N–H and O–H groups in total. The first-order valence-electron chi connectivity index (χ1n) is 5.47. The molecule has 0 fully saturated rings. The van der Waals surface area contributed by atoms with Crippen LogP contribution >= 0.6 is 0 Å². The van der Waals surface area contributed by atoms with E-state index in [-0.39, 0.29) is 17.7 Å². The third-order valence-corrected chi connectivity index (χ3v) is 2.78. The molecule has 0 saturated heterocycles. The van der Waals surface area contributed by atoms with Gasteiger partial charge in [0.05, 0.1) is 7.11 Å². The predicted molar refractivity (Wildman–Crippen MR) is 56.4 cm³/mol. The van der Waals surface area contributed by atoms with Gasteiger partial charge in [-0.1, -0.05) is 6.07 Å². The summed E-state index contributed by atoms with van der Waals surface area (Å²) >= 11 is 0. The van der Waals surface area contributed by atoms with E-state index < -0.39 is 35.3 Å². The van der Waals surface area contributed by atoms with E-state index in [1.807, 2.05) is 0 Å². The van der Waals surface area contributed by atoms with E-state index in [9.17, 15) is 39.5 Å². The molecule has 0 bridgehead atoms. The van der Waals surface area contributed by atoms with Gasteiger partial charge in [0.2, 0.25) is 0 Å². The van der Waals surface area contributed by atoms with Crippen LogP contribution in [-0.2, 0) is 5.67 Å². The van der Waals surface area contributed by atoms with E-state index in [2.05, 4.69) is 10.8 Å². The highest BCUT2D eigenvalue weighted by molar-refractivity contribution is 5.38. The summed E-state index contributed by atoms with van der Waals surface area (Å²) < 4.78 is 120. The maximum absolute atomic E-state index is 14.1. The normalized spacial score (nSPS) is 16.3. The van der Waals surface area contributed by atoms with Gasteiger partial charge in [-0.15, -0.1) is 0 Å². The van der Waals surface area contributed by atoms with Crippen molar-refractivity contribution < 1.29 is 44.3 Å². The van der Waals surface area contributed by atoms with Crippen molar-refractivity contribution in [3.05, 3.63) is 29.3 Å². The van der Waals surface area contributed by atoms with Crippen molar-refractivity contribution in [1.29, 1.82) is 0 Å². The lowest BCUT2D eigenvalue weighted by atomic mass is 9.86. The Morgan fingerprint density at radius 1 is 0.864 bits per heavy atom. The first-order valence-corrected chi connectivity index (χ1v) is 5.47. The maximum Gasteiger partial charge on any atom is 0.457 e. The molecule has 1 atom stereocenters. The van der Waals surface area contributed by atoms with Crippen LogP contribution in [0.4, 0.5) is 39.5 Å². The Morgan fingerprint density at radius 3 is 1.73 bits per heavy atom. The SMILES string of the molecule is COc1[c]c(C)cc(C(F)(C(F)(F)F)C(F)(F)C(F)(F)F)c1. The number of methoxy groups -OCH3 is 1. The zero-order valence-corrected chi connectivity index (χ0v) is 11.0. The summed E-state index contributed by atoms with van der Waals surface area (Å²) in [7, 11) is 0.907.